The van der Waals surface area contributed by atoms with Crippen LogP contribution in [0.1, 0.15) is 25.7 Å². The first kappa shape index (κ1) is 13.9. The van der Waals surface area contributed by atoms with Gasteiger partial charge in [-0.05, 0) is 25.0 Å². The summed E-state index contributed by atoms with van der Waals surface area (Å²) in [6.07, 6.45) is 5.22. The van der Waals surface area contributed by atoms with Crippen molar-refractivity contribution in [2.75, 3.05) is 31.1 Å². The van der Waals surface area contributed by atoms with Crippen molar-refractivity contribution < 1.29 is 4.79 Å². The molecule has 1 aliphatic carbocycles. The van der Waals surface area contributed by atoms with Gasteiger partial charge in [-0.15, -0.1) is 0 Å². The number of amides is 1. The Kier molecular flexibility index (Phi) is 3.78. The number of pyridine rings is 1. The first-order chi connectivity index (χ1) is 10.2. The van der Waals surface area contributed by atoms with Crippen molar-refractivity contribution in [2.45, 2.75) is 25.7 Å². The molecule has 1 aliphatic heterocycles. The molecule has 1 aromatic rings. The summed E-state index contributed by atoms with van der Waals surface area (Å²) in [4.78, 5) is 21.1. The van der Waals surface area contributed by atoms with Crippen molar-refractivity contribution in [3.8, 4) is 6.07 Å². The molecule has 1 saturated heterocycles. The Bertz CT molecular complexity index is 537. The number of carbonyl (C=O) groups is 1. The first-order valence-corrected chi connectivity index (χ1v) is 7.62. The van der Waals surface area contributed by atoms with E-state index in [0.29, 0.717) is 13.1 Å². The second-order valence-electron chi connectivity index (χ2n) is 5.87. The fourth-order valence-electron chi connectivity index (χ4n) is 3.33. The molecular formula is C16H20N4O. The molecule has 0 aromatic carbocycles. The quantitative estimate of drug-likeness (QED) is 0.831. The fourth-order valence-corrected chi connectivity index (χ4v) is 3.33. The van der Waals surface area contributed by atoms with E-state index >= 15 is 0 Å². The molecule has 5 nitrogen and oxygen atoms in total. The highest BCUT2D eigenvalue weighted by Crippen LogP contribution is 2.39. The molecule has 0 spiro atoms. The molecule has 0 N–H and O–H groups in total. The Morgan fingerprint density at radius 2 is 1.90 bits per heavy atom. The van der Waals surface area contributed by atoms with Gasteiger partial charge in [-0.3, -0.25) is 4.79 Å². The molecule has 0 unspecified atom stereocenters. The zero-order valence-corrected chi connectivity index (χ0v) is 12.2. The largest absolute Gasteiger partial charge is 0.353 e. The van der Waals surface area contributed by atoms with Gasteiger partial charge < -0.3 is 9.80 Å². The Labute approximate surface area is 125 Å². The third-order valence-electron chi connectivity index (χ3n) is 4.62. The second kappa shape index (κ2) is 5.72. The van der Waals surface area contributed by atoms with E-state index in [1.807, 2.05) is 23.1 Å². The lowest BCUT2D eigenvalue weighted by atomic mass is 9.86. The molecule has 1 saturated carbocycles. The van der Waals surface area contributed by atoms with Gasteiger partial charge >= 0.3 is 0 Å². The Hall–Kier alpha value is -2.09. The molecule has 2 aliphatic rings. The van der Waals surface area contributed by atoms with Crippen molar-refractivity contribution in [3.05, 3.63) is 24.4 Å². The zero-order valence-electron chi connectivity index (χ0n) is 12.2. The minimum Gasteiger partial charge on any atom is -0.353 e. The van der Waals surface area contributed by atoms with Crippen LogP contribution in [0, 0.1) is 16.7 Å². The van der Waals surface area contributed by atoms with Crippen molar-refractivity contribution in [3.63, 3.8) is 0 Å². The lowest BCUT2D eigenvalue weighted by molar-refractivity contribution is -0.139. The molecule has 0 radical (unpaired) electrons. The van der Waals surface area contributed by atoms with Crippen molar-refractivity contribution in [2.24, 2.45) is 5.41 Å². The Balaban J connectivity index is 1.63. The number of nitrogens with zero attached hydrogens (tertiary/aromatic N) is 4. The summed E-state index contributed by atoms with van der Waals surface area (Å²) < 4.78 is 0. The molecule has 21 heavy (non-hydrogen) atoms. The van der Waals surface area contributed by atoms with Gasteiger partial charge in [0, 0.05) is 32.4 Å². The predicted molar refractivity (Wildman–Crippen MR) is 79.5 cm³/mol. The van der Waals surface area contributed by atoms with E-state index in [1.54, 1.807) is 6.20 Å². The molecule has 5 heteroatoms. The van der Waals surface area contributed by atoms with Crippen LogP contribution < -0.4 is 4.90 Å². The third-order valence-corrected chi connectivity index (χ3v) is 4.62. The van der Waals surface area contributed by atoms with Crippen LogP contribution in [0.3, 0.4) is 0 Å². The third kappa shape index (κ3) is 2.58. The van der Waals surface area contributed by atoms with Crippen molar-refractivity contribution in [1.29, 1.82) is 5.26 Å². The minimum atomic E-state index is -0.743. The summed E-state index contributed by atoms with van der Waals surface area (Å²) in [5.74, 6) is 1.00. The van der Waals surface area contributed by atoms with Crippen molar-refractivity contribution in [1.82, 2.24) is 9.88 Å². The standard InChI is InChI=1S/C16H20N4O/c17-13-16(6-2-3-7-16)15(21)20-11-9-19(10-12-20)14-5-1-4-8-18-14/h1,4-5,8H,2-3,6-7,9-12H2. The first-order valence-electron chi connectivity index (χ1n) is 7.62. The molecule has 0 bridgehead atoms. The minimum absolute atomic E-state index is 0.0446. The SMILES string of the molecule is N#CC1(C(=O)N2CCN(c3ccccn3)CC2)CCCC1. The summed E-state index contributed by atoms with van der Waals surface area (Å²) in [6.45, 7) is 2.92. The van der Waals surface area contributed by atoms with E-state index in [0.717, 1.165) is 44.6 Å². The van der Waals surface area contributed by atoms with Gasteiger partial charge in [-0.2, -0.15) is 5.26 Å². The van der Waals surface area contributed by atoms with Gasteiger partial charge in [-0.1, -0.05) is 18.9 Å². The van der Waals surface area contributed by atoms with Crippen LogP contribution in [-0.2, 0) is 4.79 Å². The average molecular weight is 284 g/mol. The molecule has 3 rings (SSSR count). The van der Waals surface area contributed by atoms with Crippen LogP contribution >= 0.6 is 0 Å². The maximum absolute atomic E-state index is 12.7. The van der Waals surface area contributed by atoms with E-state index in [4.69, 9.17) is 0 Å². The lowest BCUT2D eigenvalue weighted by Gasteiger charge is -2.38. The second-order valence-corrected chi connectivity index (χ2v) is 5.87. The smallest absolute Gasteiger partial charge is 0.243 e. The van der Waals surface area contributed by atoms with Gasteiger partial charge in [0.15, 0.2) is 0 Å². The predicted octanol–water partition coefficient (Wildman–Crippen LogP) is 1.81. The van der Waals surface area contributed by atoms with Crippen LogP contribution in [0.15, 0.2) is 24.4 Å². The highest BCUT2D eigenvalue weighted by molar-refractivity contribution is 5.86. The van der Waals surface area contributed by atoms with E-state index in [2.05, 4.69) is 16.0 Å². The molecule has 1 aromatic heterocycles. The maximum Gasteiger partial charge on any atom is 0.243 e. The molecule has 110 valence electrons. The van der Waals surface area contributed by atoms with E-state index in [-0.39, 0.29) is 5.91 Å². The van der Waals surface area contributed by atoms with E-state index in [9.17, 15) is 10.1 Å². The monoisotopic (exact) mass is 284 g/mol. The number of anilines is 1. The number of hydrogen-bond donors (Lipinski definition) is 0. The fraction of sp³-hybridized carbons (Fsp3) is 0.562. The summed E-state index contributed by atoms with van der Waals surface area (Å²) in [6, 6.07) is 8.17. The van der Waals surface area contributed by atoms with E-state index in [1.165, 1.54) is 0 Å². The topological polar surface area (TPSA) is 60.2 Å². The molecule has 0 atom stereocenters. The number of rotatable bonds is 2. The summed E-state index contributed by atoms with van der Waals surface area (Å²) in [7, 11) is 0. The van der Waals surface area contributed by atoms with Crippen LogP contribution in [0.2, 0.25) is 0 Å². The highest BCUT2D eigenvalue weighted by atomic mass is 16.2. The zero-order chi connectivity index (χ0) is 14.7. The van der Waals surface area contributed by atoms with Crippen molar-refractivity contribution >= 4 is 11.7 Å². The number of carbonyl (C=O) groups excluding carboxylic acids is 1. The number of piperazine rings is 1. The van der Waals surface area contributed by atoms with Gasteiger partial charge in [0.25, 0.3) is 0 Å². The van der Waals surface area contributed by atoms with Gasteiger partial charge in [0.05, 0.1) is 6.07 Å². The summed E-state index contributed by atoms with van der Waals surface area (Å²) in [5, 5.41) is 9.43. The molecule has 2 fully saturated rings. The maximum atomic E-state index is 12.7. The lowest BCUT2D eigenvalue weighted by Crippen LogP contribution is -2.52. The van der Waals surface area contributed by atoms with Gasteiger partial charge in [0.1, 0.15) is 11.2 Å². The van der Waals surface area contributed by atoms with Crippen LogP contribution in [0.25, 0.3) is 0 Å². The number of hydrogen-bond acceptors (Lipinski definition) is 4. The Morgan fingerprint density at radius 3 is 2.48 bits per heavy atom. The number of nitriles is 1. The molecular weight excluding hydrogens is 264 g/mol. The van der Waals surface area contributed by atoms with Crippen LogP contribution in [0.5, 0.6) is 0 Å². The summed E-state index contributed by atoms with van der Waals surface area (Å²) in [5.41, 5.74) is -0.743. The normalized spacial score (nSPS) is 21.1. The highest BCUT2D eigenvalue weighted by Gasteiger charge is 2.44. The van der Waals surface area contributed by atoms with E-state index < -0.39 is 5.41 Å². The van der Waals surface area contributed by atoms with Crippen LogP contribution in [0.4, 0.5) is 5.82 Å². The van der Waals surface area contributed by atoms with Gasteiger partial charge in [-0.25, -0.2) is 4.98 Å². The number of aromatic nitrogens is 1. The molecule has 1 amide bonds. The average Bonchev–Trinajstić information content (AvgIpc) is 3.05. The summed E-state index contributed by atoms with van der Waals surface area (Å²) >= 11 is 0. The van der Waals surface area contributed by atoms with Gasteiger partial charge in [0.2, 0.25) is 5.91 Å². The van der Waals surface area contributed by atoms with Crippen LogP contribution in [-0.4, -0.2) is 42.0 Å². The Morgan fingerprint density at radius 1 is 1.19 bits per heavy atom. The molecule has 2 heterocycles.